The summed E-state index contributed by atoms with van der Waals surface area (Å²) in [6.45, 7) is 4.41. The molecule has 0 fully saturated rings. The molecule has 0 spiro atoms. The van der Waals surface area contributed by atoms with Crippen LogP contribution < -0.4 is 4.74 Å². The Morgan fingerprint density at radius 1 is 1.17 bits per heavy atom. The summed E-state index contributed by atoms with van der Waals surface area (Å²) in [6.07, 6.45) is 5.78. The molecule has 1 aliphatic heterocycles. The van der Waals surface area contributed by atoms with Gasteiger partial charge in [0.15, 0.2) is 0 Å². The minimum Gasteiger partial charge on any atom is -0.489 e. The van der Waals surface area contributed by atoms with Crippen molar-refractivity contribution in [3.05, 3.63) is 47.5 Å². The fourth-order valence-corrected chi connectivity index (χ4v) is 3.56. The van der Waals surface area contributed by atoms with Gasteiger partial charge in [0, 0.05) is 12.0 Å². The molecule has 0 N–H and O–H groups in total. The number of aromatic nitrogens is 3. The second-order valence-corrected chi connectivity index (χ2v) is 6.48. The van der Waals surface area contributed by atoms with E-state index in [9.17, 15) is 0 Å². The third-order valence-corrected chi connectivity index (χ3v) is 4.87. The molecule has 1 atom stereocenters. The maximum atomic E-state index is 6.32. The van der Waals surface area contributed by atoms with Crippen LogP contribution in [-0.4, -0.2) is 21.1 Å². The van der Waals surface area contributed by atoms with Crippen molar-refractivity contribution in [1.29, 1.82) is 0 Å². The number of nitrogens with zero attached hydrogens (tertiary/aromatic N) is 3. The molecule has 4 heteroatoms. The fourth-order valence-electron chi connectivity index (χ4n) is 3.56. The van der Waals surface area contributed by atoms with Crippen LogP contribution in [0.1, 0.15) is 44.2 Å². The van der Waals surface area contributed by atoms with Crippen molar-refractivity contribution in [2.24, 2.45) is 0 Å². The number of benzene rings is 2. The molecule has 2 heterocycles. The van der Waals surface area contributed by atoms with E-state index < -0.39 is 0 Å². The molecule has 1 aliphatic rings. The lowest BCUT2D eigenvalue weighted by Crippen LogP contribution is -2.12. The molecule has 0 amide bonds. The average molecular weight is 321 g/mol. The van der Waals surface area contributed by atoms with Gasteiger partial charge in [0.1, 0.15) is 17.4 Å². The molecule has 24 heavy (non-hydrogen) atoms. The lowest BCUT2D eigenvalue weighted by Gasteiger charge is -2.12. The highest BCUT2D eigenvalue weighted by molar-refractivity contribution is 5.76. The molecule has 2 aromatic carbocycles. The third-order valence-electron chi connectivity index (χ3n) is 4.87. The molecular weight excluding hydrogens is 298 g/mol. The summed E-state index contributed by atoms with van der Waals surface area (Å²) >= 11 is 0. The van der Waals surface area contributed by atoms with E-state index in [2.05, 4.69) is 42.4 Å². The Labute approximate surface area is 142 Å². The van der Waals surface area contributed by atoms with Crippen LogP contribution in [0.5, 0.6) is 5.75 Å². The smallest absolute Gasteiger partial charge is 0.128 e. The molecule has 1 aromatic heterocycles. The van der Waals surface area contributed by atoms with Crippen LogP contribution >= 0.6 is 0 Å². The highest BCUT2D eigenvalue weighted by Crippen LogP contribution is 2.39. The van der Waals surface area contributed by atoms with E-state index in [-0.39, 0.29) is 0 Å². The Kier molecular flexibility index (Phi) is 3.97. The number of ether oxygens (including phenoxy) is 1. The highest BCUT2D eigenvalue weighted by atomic mass is 16.5. The molecular formula is C20H23N3O. The van der Waals surface area contributed by atoms with Crippen molar-refractivity contribution in [2.45, 2.75) is 52.1 Å². The summed E-state index contributed by atoms with van der Waals surface area (Å²) in [5.74, 6) is 1.08. The van der Waals surface area contributed by atoms with Gasteiger partial charge < -0.3 is 4.74 Å². The second-order valence-electron chi connectivity index (χ2n) is 6.48. The zero-order valence-corrected chi connectivity index (χ0v) is 14.3. The fraction of sp³-hybridized carbons (Fsp3) is 0.400. The molecule has 124 valence electrons. The number of rotatable bonds is 5. The molecule has 0 radical (unpaired) electrons. The van der Waals surface area contributed by atoms with E-state index in [0.717, 1.165) is 41.7 Å². The quantitative estimate of drug-likeness (QED) is 0.696. The Bertz CT molecular complexity index is 868. The molecule has 0 aliphatic carbocycles. The van der Waals surface area contributed by atoms with E-state index in [0.29, 0.717) is 6.10 Å². The number of fused-ring (bicyclic) bond motifs is 2. The van der Waals surface area contributed by atoms with Crippen molar-refractivity contribution in [1.82, 2.24) is 15.0 Å². The number of hydrogen-bond acceptors (Lipinski definition) is 3. The summed E-state index contributed by atoms with van der Waals surface area (Å²) in [5.41, 5.74) is 5.64. The highest BCUT2D eigenvalue weighted by Gasteiger charge is 2.28. The number of hydrogen-bond donors (Lipinski definition) is 0. The van der Waals surface area contributed by atoms with E-state index in [1.54, 1.807) is 0 Å². The predicted octanol–water partition coefficient (Wildman–Crippen LogP) is 4.48. The van der Waals surface area contributed by atoms with Crippen molar-refractivity contribution >= 4 is 11.0 Å². The Balaban J connectivity index is 1.80. The first-order valence-electron chi connectivity index (χ1n) is 8.94. The van der Waals surface area contributed by atoms with Crippen LogP contribution in [0, 0.1) is 0 Å². The van der Waals surface area contributed by atoms with Crippen LogP contribution in [0.3, 0.4) is 0 Å². The van der Waals surface area contributed by atoms with Gasteiger partial charge in [0.25, 0.3) is 0 Å². The minimum atomic E-state index is 0.293. The maximum Gasteiger partial charge on any atom is 0.128 e. The van der Waals surface area contributed by atoms with Crippen LogP contribution in [0.2, 0.25) is 0 Å². The first kappa shape index (κ1) is 15.2. The molecule has 0 saturated carbocycles. The van der Waals surface area contributed by atoms with E-state index in [1.165, 1.54) is 24.0 Å². The van der Waals surface area contributed by atoms with E-state index in [1.807, 2.05) is 22.9 Å². The van der Waals surface area contributed by atoms with E-state index in [4.69, 9.17) is 4.74 Å². The number of para-hydroxylation sites is 1. The first-order chi connectivity index (χ1) is 11.8. The normalized spacial score (nSPS) is 16.3. The summed E-state index contributed by atoms with van der Waals surface area (Å²) in [6, 6.07) is 12.4. The third kappa shape index (κ3) is 2.46. The number of unbranched alkanes of at least 4 members (excludes halogenated alkanes) is 1. The second kappa shape index (κ2) is 6.27. The first-order valence-corrected chi connectivity index (χ1v) is 8.94. The van der Waals surface area contributed by atoms with Crippen molar-refractivity contribution < 1.29 is 4.74 Å². The molecule has 0 bridgehead atoms. The van der Waals surface area contributed by atoms with Gasteiger partial charge in [-0.3, -0.25) is 0 Å². The van der Waals surface area contributed by atoms with Gasteiger partial charge in [0.2, 0.25) is 0 Å². The van der Waals surface area contributed by atoms with Gasteiger partial charge >= 0.3 is 0 Å². The standard InChI is InChI=1S/C20H23N3O/c1-3-5-8-15-13-16-18(12-11-14(4-2)20(16)24-15)23-19-10-7-6-9-17(19)21-22-23/h6-7,9-12,15H,3-5,8,13H2,1-2H3. The van der Waals surface area contributed by atoms with Crippen LogP contribution in [-0.2, 0) is 12.8 Å². The van der Waals surface area contributed by atoms with Gasteiger partial charge in [-0.1, -0.05) is 50.1 Å². The van der Waals surface area contributed by atoms with Crippen molar-refractivity contribution in [3.8, 4) is 11.4 Å². The Morgan fingerprint density at radius 2 is 2.04 bits per heavy atom. The molecule has 1 unspecified atom stereocenters. The maximum absolute atomic E-state index is 6.32. The summed E-state index contributed by atoms with van der Waals surface area (Å²) < 4.78 is 8.28. The largest absolute Gasteiger partial charge is 0.489 e. The summed E-state index contributed by atoms with van der Waals surface area (Å²) in [7, 11) is 0. The summed E-state index contributed by atoms with van der Waals surface area (Å²) in [4.78, 5) is 0. The van der Waals surface area contributed by atoms with Gasteiger partial charge in [-0.2, -0.15) is 0 Å². The van der Waals surface area contributed by atoms with Crippen molar-refractivity contribution in [3.63, 3.8) is 0 Å². The summed E-state index contributed by atoms with van der Waals surface area (Å²) in [5, 5.41) is 8.70. The molecule has 4 nitrogen and oxygen atoms in total. The molecule has 3 aromatic rings. The molecule has 4 rings (SSSR count). The SMILES string of the molecule is CCCCC1Cc2c(-n3nnc4ccccc43)ccc(CC)c2O1. The van der Waals surface area contributed by atoms with Crippen LogP contribution in [0.4, 0.5) is 0 Å². The molecule has 0 saturated heterocycles. The van der Waals surface area contributed by atoms with Gasteiger partial charge in [-0.15, -0.1) is 5.10 Å². The Hall–Kier alpha value is -2.36. The van der Waals surface area contributed by atoms with E-state index >= 15 is 0 Å². The monoisotopic (exact) mass is 321 g/mol. The van der Waals surface area contributed by atoms with Crippen LogP contribution in [0.25, 0.3) is 16.7 Å². The zero-order valence-electron chi connectivity index (χ0n) is 14.3. The predicted molar refractivity (Wildman–Crippen MR) is 95.9 cm³/mol. The van der Waals surface area contributed by atoms with Crippen LogP contribution in [0.15, 0.2) is 36.4 Å². The minimum absolute atomic E-state index is 0.293. The van der Waals surface area contributed by atoms with Gasteiger partial charge in [-0.05, 0) is 36.6 Å². The lowest BCUT2D eigenvalue weighted by atomic mass is 10.0. The van der Waals surface area contributed by atoms with Crippen molar-refractivity contribution in [2.75, 3.05) is 0 Å². The average Bonchev–Trinajstić information content (AvgIpc) is 3.23. The topological polar surface area (TPSA) is 39.9 Å². The van der Waals surface area contributed by atoms with Gasteiger partial charge in [-0.25, -0.2) is 4.68 Å². The lowest BCUT2D eigenvalue weighted by molar-refractivity contribution is 0.216. The Morgan fingerprint density at radius 3 is 2.88 bits per heavy atom. The van der Waals surface area contributed by atoms with Gasteiger partial charge in [0.05, 0.1) is 11.2 Å². The zero-order chi connectivity index (χ0) is 16.5. The number of aryl methyl sites for hydroxylation is 1.